The number of aromatic amines is 1. The van der Waals surface area contributed by atoms with Gasteiger partial charge in [-0.2, -0.15) is 0 Å². The van der Waals surface area contributed by atoms with E-state index in [9.17, 15) is 0 Å². The van der Waals surface area contributed by atoms with E-state index in [1.54, 1.807) is 0 Å². The molecule has 0 fully saturated rings. The third-order valence-corrected chi connectivity index (χ3v) is 3.14. The quantitative estimate of drug-likeness (QED) is 0.672. The number of rotatable bonds is 1. The number of nitrogens with zero attached hydrogens (tertiary/aromatic N) is 1. The van der Waals surface area contributed by atoms with E-state index in [-0.39, 0.29) is 0 Å². The summed E-state index contributed by atoms with van der Waals surface area (Å²) in [7, 11) is 0. The number of benzene rings is 2. The maximum absolute atomic E-state index is 5.89. The van der Waals surface area contributed by atoms with Crippen LogP contribution < -0.4 is 5.73 Å². The van der Waals surface area contributed by atoms with Crippen LogP contribution in [0.1, 0.15) is 0 Å². The number of hydrogen-bond acceptors (Lipinski definition) is 2. The van der Waals surface area contributed by atoms with Crippen molar-refractivity contribution >= 4 is 32.7 Å². The van der Waals surface area contributed by atoms with Crippen molar-refractivity contribution in [1.29, 1.82) is 0 Å². The van der Waals surface area contributed by atoms with Crippen molar-refractivity contribution in [2.45, 2.75) is 0 Å². The van der Waals surface area contributed by atoms with Gasteiger partial charge in [0.1, 0.15) is 11.3 Å². The van der Waals surface area contributed by atoms with Gasteiger partial charge in [-0.25, -0.2) is 4.98 Å². The fourth-order valence-electron chi connectivity index (χ4n) is 1.83. The standard InChI is InChI=1S/C13H10BrN3/c14-9-4-1-3-8(7-9)13-16-11-6-2-5-10(15)12(11)17-13/h1-7H,15H2,(H,16,17). The first-order valence-electron chi connectivity index (χ1n) is 5.24. The minimum Gasteiger partial charge on any atom is -0.397 e. The molecular weight excluding hydrogens is 278 g/mol. The molecule has 4 heteroatoms. The smallest absolute Gasteiger partial charge is 0.138 e. The second-order valence-electron chi connectivity index (χ2n) is 3.84. The Labute approximate surface area is 107 Å². The fourth-order valence-corrected chi connectivity index (χ4v) is 2.23. The predicted octanol–water partition coefficient (Wildman–Crippen LogP) is 3.57. The van der Waals surface area contributed by atoms with E-state index in [4.69, 9.17) is 5.73 Å². The largest absolute Gasteiger partial charge is 0.397 e. The summed E-state index contributed by atoms with van der Waals surface area (Å²) < 4.78 is 1.03. The van der Waals surface area contributed by atoms with Gasteiger partial charge >= 0.3 is 0 Å². The van der Waals surface area contributed by atoms with Crippen LogP contribution in [-0.4, -0.2) is 9.97 Å². The van der Waals surface area contributed by atoms with Gasteiger partial charge in [-0.1, -0.05) is 34.1 Å². The van der Waals surface area contributed by atoms with E-state index in [1.165, 1.54) is 0 Å². The lowest BCUT2D eigenvalue weighted by Gasteiger charge is -1.96. The molecule has 3 rings (SSSR count). The molecule has 0 aliphatic rings. The highest BCUT2D eigenvalue weighted by atomic mass is 79.9. The van der Waals surface area contributed by atoms with Gasteiger partial charge in [0, 0.05) is 10.0 Å². The number of H-pyrrole nitrogens is 1. The number of fused-ring (bicyclic) bond motifs is 1. The Bertz CT molecular complexity index is 688. The average molecular weight is 288 g/mol. The van der Waals surface area contributed by atoms with Crippen LogP contribution in [0.25, 0.3) is 22.4 Å². The van der Waals surface area contributed by atoms with E-state index in [0.29, 0.717) is 5.69 Å². The molecule has 1 heterocycles. The minimum atomic E-state index is 0.694. The van der Waals surface area contributed by atoms with Crippen molar-refractivity contribution in [3.05, 3.63) is 46.9 Å². The lowest BCUT2D eigenvalue weighted by Crippen LogP contribution is -1.85. The van der Waals surface area contributed by atoms with Crippen LogP contribution >= 0.6 is 15.9 Å². The van der Waals surface area contributed by atoms with E-state index in [1.807, 2.05) is 42.5 Å². The fraction of sp³-hybridized carbons (Fsp3) is 0. The summed E-state index contributed by atoms with van der Waals surface area (Å²) in [6.45, 7) is 0. The number of nitrogens with two attached hydrogens (primary N) is 1. The predicted molar refractivity (Wildman–Crippen MR) is 73.6 cm³/mol. The zero-order valence-electron chi connectivity index (χ0n) is 8.94. The molecule has 0 spiro atoms. The van der Waals surface area contributed by atoms with Crippen molar-refractivity contribution in [1.82, 2.24) is 9.97 Å². The van der Waals surface area contributed by atoms with Crippen LogP contribution in [0.3, 0.4) is 0 Å². The van der Waals surface area contributed by atoms with Crippen molar-refractivity contribution in [3.63, 3.8) is 0 Å². The summed E-state index contributed by atoms with van der Waals surface area (Å²) in [5.41, 5.74) is 9.40. The molecule has 0 amide bonds. The number of imidazole rings is 1. The first-order chi connectivity index (χ1) is 8.24. The van der Waals surface area contributed by atoms with Crippen molar-refractivity contribution in [3.8, 4) is 11.4 Å². The molecule has 0 bridgehead atoms. The Hall–Kier alpha value is -1.81. The Morgan fingerprint density at radius 1 is 1.12 bits per heavy atom. The van der Waals surface area contributed by atoms with E-state index in [2.05, 4.69) is 25.9 Å². The topological polar surface area (TPSA) is 54.7 Å². The third-order valence-electron chi connectivity index (χ3n) is 2.64. The van der Waals surface area contributed by atoms with Crippen LogP contribution in [0, 0.1) is 0 Å². The molecule has 0 aliphatic carbocycles. The highest BCUT2D eigenvalue weighted by molar-refractivity contribution is 9.10. The molecule has 84 valence electrons. The average Bonchev–Trinajstić information content (AvgIpc) is 2.74. The highest BCUT2D eigenvalue weighted by Gasteiger charge is 2.07. The van der Waals surface area contributed by atoms with Gasteiger partial charge in [-0.3, -0.25) is 0 Å². The molecular formula is C13H10BrN3. The number of nitrogens with one attached hydrogen (secondary N) is 1. The monoisotopic (exact) mass is 287 g/mol. The number of anilines is 1. The summed E-state index contributed by atoms with van der Waals surface area (Å²) in [6.07, 6.45) is 0. The van der Waals surface area contributed by atoms with Crippen molar-refractivity contribution < 1.29 is 0 Å². The van der Waals surface area contributed by atoms with Crippen LogP contribution in [0.5, 0.6) is 0 Å². The summed E-state index contributed by atoms with van der Waals surface area (Å²) in [4.78, 5) is 7.79. The minimum absolute atomic E-state index is 0.694. The number of para-hydroxylation sites is 1. The number of nitrogen functional groups attached to an aromatic ring is 1. The molecule has 3 N–H and O–H groups in total. The third kappa shape index (κ3) is 1.80. The zero-order chi connectivity index (χ0) is 11.8. The molecule has 0 atom stereocenters. The summed E-state index contributed by atoms with van der Waals surface area (Å²) >= 11 is 3.45. The molecule has 3 nitrogen and oxygen atoms in total. The SMILES string of the molecule is Nc1cccc2[nH]c(-c3cccc(Br)c3)nc12. The summed E-state index contributed by atoms with van der Waals surface area (Å²) in [6, 6.07) is 13.7. The molecule has 0 saturated heterocycles. The lowest BCUT2D eigenvalue weighted by molar-refractivity contribution is 1.33. The molecule has 0 unspecified atom stereocenters. The first kappa shape index (κ1) is 10.4. The van der Waals surface area contributed by atoms with Gasteiger partial charge in [0.15, 0.2) is 0 Å². The van der Waals surface area contributed by atoms with Crippen molar-refractivity contribution in [2.75, 3.05) is 5.73 Å². The van der Waals surface area contributed by atoms with Gasteiger partial charge in [-0.15, -0.1) is 0 Å². The van der Waals surface area contributed by atoms with E-state index < -0.39 is 0 Å². The number of aromatic nitrogens is 2. The van der Waals surface area contributed by atoms with Gasteiger partial charge in [0.25, 0.3) is 0 Å². The maximum Gasteiger partial charge on any atom is 0.138 e. The maximum atomic E-state index is 5.89. The molecule has 17 heavy (non-hydrogen) atoms. The zero-order valence-corrected chi connectivity index (χ0v) is 10.5. The molecule has 0 saturated carbocycles. The van der Waals surface area contributed by atoms with Crippen LogP contribution in [-0.2, 0) is 0 Å². The van der Waals surface area contributed by atoms with Gasteiger partial charge in [0.05, 0.1) is 11.2 Å². The number of hydrogen-bond donors (Lipinski definition) is 2. The van der Waals surface area contributed by atoms with Crippen LogP contribution in [0.4, 0.5) is 5.69 Å². The lowest BCUT2D eigenvalue weighted by atomic mass is 10.2. The second-order valence-corrected chi connectivity index (χ2v) is 4.75. The van der Waals surface area contributed by atoms with Gasteiger partial charge in [0.2, 0.25) is 0 Å². The Kier molecular flexibility index (Phi) is 2.37. The molecule has 0 aliphatic heterocycles. The normalized spacial score (nSPS) is 10.9. The Balaban J connectivity index is 2.22. The first-order valence-corrected chi connectivity index (χ1v) is 6.03. The molecule has 3 aromatic rings. The second kappa shape index (κ2) is 3.89. The summed E-state index contributed by atoms with van der Waals surface area (Å²) in [5.74, 6) is 0.833. The van der Waals surface area contributed by atoms with Gasteiger partial charge < -0.3 is 10.7 Å². The highest BCUT2D eigenvalue weighted by Crippen LogP contribution is 2.25. The van der Waals surface area contributed by atoms with E-state index in [0.717, 1.165) is 26.9 Å². The van der Waals surface area contributed by atoms with E-state index >= 15 is 0 Å². The molecule has 2 aromatic carbocycles. The Morgan fingerprint density at radius 3 is 2.71 bits per heavy atom. The van der Waals surface area contributed by atoms with Crippen molar-refractivity contribution in [2.24, 2.45) is 0 Å². The van der Waals surface area contributed by atoms with Crippen LogP contribution in [0.15, 0.2) is 46.9 Å². The van der Waals surface area contributed by atoms with Crippen LogP contribution in [0.2, 0.25) is 0 Å². The summed E-state index contributed by atoms with van der Waals surface area (Å²) in [5, 5.41) is 0. The molecule has 1 aromatic heterocycles. The molecule has 0 radical (unpaired) electrons. The number of halogens is 1. The van der Waals surface area contributed by atoms with Gasteiger partial charge in [-0.05, 0) is 24.3 Å². The Morgan fingerprint density at radius 2 is 1.94 bits per heavy atom.